The predicted octanol–water partition coefficient (Wildman–Crippen LogP) is 2.93. The molecule has 0 aliphatic rings. The van der Waals surface area contributed by atoms with Crippen LogP contribution in [0.4, 0.5) is 5.69 Å². The largest absolute Gasteiger partial charge is 0.385 e. The van der Waals surface area contributed by atoms with E-state index in [0.29, 0.717) is 12.2 Å². The zero-order valence-corrected chi connectivity index (χ0v) is 11.2. The van der Waals surface area contributed by atoms with Crippen LogP contribution in [0.3, 0.4) is 0 Å². The minimum absolute atomic E-state index is 0.0542. The Bertz CT molecular complexity index is 448. The maximum Gasteiger partial charge on any atom is 0.270 e. The Balaban J connectivity index is 2.83. The predicted molar refractivity (Wildman–Crippen MR) is 70.3 cm³/mol. The molecule has 0 atom stereocenters. The highest BCUT2D eigenvalue weighted by molar-refractivity contribution is 7.99. The molecule has 1 aromatic rings. The lowest BCUT2D eigenvalue weighted by Gasteiger charge is -2.06. The molecule has 0 bridgehead atoms. The summed E-state index contributed by atoms with van der Waals surface area (Å²) in [4.78, 5) is 22.4. The fraction of sp³-hybridized carbons (Fsp3) is 0.417. The Hall–Kier alpha value is -1.40. The van der Waals surface area contributed by atoms with Crippen molar-refractivity contribution in [2.45, 2.75) is 18.2 Å². The smallest absolute Gasteiger partial charge is 0.270 e. The second-order valence-corrected chi connectivity index (χ2v) is 4.83. The summed E-state index contributed by atoms with van der Waals surface area (Å²) in [5.41, 5.74) is 0.355. The van der Waals surface area contributed by atoms with Gasteiger partial charge in [0.15, 0.2) is 5.78 Å². The molecule has 0 radical (unpaired) electrons. The number of nitro groups is 1. The third kappa shape index (κ3) is 4.12. The Kier molecular flexibility index (Phi) is 5.80. The van der Waals surface area contributed by atoms with Gasteiger partial charge in [-0.1, -0.05) is 0 Å². The van der Waals surface area contributed by atoms with Gasteiger partial charge in [0.2, 0.25) is 0 Å². The molecule has 98 valence electrons. The van der Waals surface area contributed by atoms with E-state index in [4.69, 9.17) is 4.74 Å². The first-order valence-electron chi connectivity index (χ1n) is 5.47. The molecule has 0 heterocycles. The van der Waals surface area contributed by atoms with E-state index >= 15 is 0 Å². The molecule has 0 aromatic heterocycles. The number of carbonyl (C=O) groups excluding carboxylic acids is 1. The number of benzene rings is 1. The van der Waals surface area contributed by atoms with E-state index in [1.807, 2.05) is 0 Å². The van der Waals surface area contributed by atoms with Gasteiger partial charge in [-0.15, -0.1) is 11.8 Å². The molecule has 0 aliphatic heterocycles. The summed E-state index contributed by atoms with van der Waals surface area (Å²) in [6.07, 6.45) is 0.871. The van der Waals surface area contributed by atoms with Crippen molar-refractivity contribution in [3.63, 3.8) is 0 Å². The summed E-state index contributed by atoms with van der Waals surface area (Å²) in [6.45, 7) is 2.08. The first-order chi connectivity index (χ1) is 8.56. The number of carbonyl (C=O) groups is 1. The van der Waals surface area contributed by atoms with Gasteiger partial charge in [0.1, 0.15) is 0 Å². The van der Waals surface area contributed by atoms with Gasteiger partial charge in [0.05, 0.1) is 4.92 Å². The molecule has 0 unspecified atom stereocenters. The summed E-state index contributed by atoms with van der Waals surface area (Å²) in [7, 11) is 1.64. The molecule has 0 aliphatic carbocycles. The van der Waals surface area contributed by atoms with Crippen molar-refractivity contribution in [2.24, 2.45) is 0 Å². The van der Waals surface area contributed by atoms with Crippen molar-refractivity contribution in [1.82, 2.24) is 0 Å². The third-order valence-corrected chi connectivity index (χ3v) is 3.46. The number of ketones is 1. The van der Waals surface area contributed by atoms with Gasteiger partial charge in [-0.3, -0.25) is 14.9 Å². The highest BCUT2D eigenvalue weighted by atomic mass is 32.2. The van der Waals surface area contributed by atoms with Crippen LogP contribution in [0.1, 0.15) is 23.7 Å². The lowest BCUT2D eigenvalue weighted by atomic mass is 10.1. The van der Waals surface area contributed by atoms with Crippen molar-refractivity contribution in [3.8, 4) is 0 Å². The van der Waals surface area contributed by atoms with E-state index in [-0.39, 0.29) is 11.5 Å². The van der Waals surface area contributed by atoms with Crippen molar-refractivity contribution >= 4 is 23.2 Å². The molecule has 0 amide bonds. The Morgan fingerprint density at radius 1 is 1.50 bits per heavy atom. The topological polar surface area (TPSA) is 69.4 Å². The standard InChI is InChI=1S/C12H15NO4S/c1-9(14)11-8-10(13(15)16)4-5-12(11)18-7-3-6-17-2/h4-5,8H,3,6-7H2,1-2H3. The van der Waals surface area contributed by atoms with E-state index in [2.05, 4.69) is 0 Å². The highest BCUT2D eigenvalue weighted by Gasteiger charge is 2.13. The van der Waals surface area contributed by atoms with Gasteiger partial charge in [0.25, 0.3) is 5.69 Å². The average Bonchev–Trinajstić information content (AvgIpc) is 2.34. The van der Waals surface area contributed by atoms with E-state index in [9.17, 15) is 14.9 Å². The van der Waals surface area contributed by atoms with Gasteiger partial charge < -0.3 is 4.74 Å². The van der Waals surface area contributed by atoms with Crippen molar-refractivity contribution < 1.29 is 14.5 Å². The fourth-order valence-electron chi connectivity index (χ4n) is 1.42. The first kappa shape index (κ1) is 14.7. The number of rotatable bonds is 7. The zero-order valence-electron chi connectivity index (χ0n) is 10.3. The van der Waals surface area contributed by atoms with Crippen LogP contribution in [-0.2, 0) is 4.74 Å². The minimum Gasteiger partial charge on any atom is -0.385 e. The monoisotopic (exact) mass is 269 g/mol. The summed E-state index contributed by atoms with van der Waals surface area (Å²) in [6, 6.07) is 4.39. The number of ether oxygens (including phenoxy) is 1. The molecular weight excluding hydrogens is 254 g/mol. The summed E-state index contributed by atoms with van der Waals surface area (Å²) < 4.78 is 4.94. The van der Waals surface area contributed by atoms with Gasteiger partial charge in [-0.25, -0.2) is 0 Å². The highest BCUT2D eigenvalue weighted by Crippen LogP contribution is 2.27. The normalized spacial score (nSPS) is 10.3. The van der Waals surface area contributed by atoms with Crippen LogP contribution in [0.5, 0.6) is 0 Å². The molecule has 0 spiro atoms. The van der Waals surface area contributed by atoms with Crippen LogP contribution >= 0.6 is 11.8 Å². The Morgan fingerprint density at radius 3 is 2.78 bits per heavy atom. The lowest BCUT2D eigenvalue weighted by molar-refractivity contribution is -0.384. The Labute approximate surface area is 110 Å². The summed E-state index contributed by atoms with van der Waals surface area (Å²) in [5.74, 6) is 0.652. The van der Waals surface area contributed by atoms with Crippen LogP contribution < -0.4 is 0 Å². The van der Waals surface area contributed by atoms with Crippen molar-refractivity contribution in [3.05, 3.63) is 33.9 Å². The van der Waals surface area contributed by atoms with Crippen LogP contribution in [0.2, 0.25) is 0 Å². The summed E-state index contributed by atoms with van der Waals surface area (Å²) in [5, 5.41) is 10.7. The number of thioether (sulfide) groups is 1. The number of Topliss-reactive ketones (excluding diaryl/α,β-unsaturated/α-hetero) is 1. The van der Waals surface area contributed by atoms with Gasteiger partial charge in [0, 0.05) is 42.1 Å². The average molecular weight is 269 g/mol. The molecule has 5 nitrogen and oxygen atoms in total. The molecule has 6 heteroatoms. The quantitative estimate of drug-likeness (QED) is 0.250. The van der Waals surface area contributed by atoms with Gasteiger partial charge >= 0.3 is 0 Å². The van der Waals surface area contributed by atoms with Crippen molar-refractivity contribution in [1.29, 1.82) is 0 Å². The van der Waals surface area contributed by atoms with Gasteiger partial charge in [-0.05, 0) is 19.4 Å². The summed E-state index contributed by atoms with van der Waals surface area (Å²) >= 11 is 1.51. The SMILES string of the molecule is COCCCSc1ccc([N+](=O)[O-])cc1C(C)=O. The molecular formula is C12H15NO4S. The molecule has 1 rings (SSSR count). The van der Waals surface area contributed by atoms with Crippen LogP contribution in [0.25, 0.3) is 0 Å². The van der Waals surface area contributed by atoms with Crippen LogP contribution in [0.15, 0.2) is 23.1 Å². The molecule has 1 aromatic carbocycles. The molecule has 0 saturated heterocycles. The van der Waals surface area contributed by atoms with E-state index in [0.717, 1.165) is 17.1 Å². The number of nitrogens with zero attached hydrogens (tertiary/aromatic N) is 1. The van der Waals surface area contributed by atoms with E-state index in [1.165, 1.54) is 30.8 Å². The number of hydrogen-bond acceptors (Lipinski definition) is 5. The maximum absolute atomic E-state index is 11.5. The van der Waals surface area contributed by atoms with Crippen LogP contribution in [-0.4, -0.2) is 30.2 Å². The van der Waals surface area contributed by atoms with Crippen molar-refractivity contribution in [2.75, 3.05) is 19.5 Å². The number of nitro benzene ring substituents is 1. The molecule has 0 saturated carbocycles. The number of non-ortho nitro benzene ring substituents is 1. The van der Waals surface area contributed by atoms with Crippen LogP contribution in [0, 0.1) is 10.1 Å². The lowest BCUT2D eigenvalue weighted by Crippen LogP contribution is -1.99. The number of methoxy groups -OCH3 is 1. The molecule has 18 heavy (non-hydrogen) atoms. The van der Waals surface area contributed by atoms with E-state index < -0.39 is 4.92 Å². The third-order valence-electron chi connectivity index (χ3n) is 2.30. The first-order valence-corrected chi connectivity index (χ1v) is 6.46. The second-order valence-electron chi connectivity index (χ2n) is 3.69. The molecule has 0 fully saturated rings. The maximum atomic E-state index is 11.5. The Morgan fingerprint density at radius 2 is 2.22 bits per heavy atom. The fourth-order valence-corrected chi connectivity index (χ4v) is 2.42. The molecule has 0 N–H and O–H groups in total. The van der Waals surface area contributed by atoms with Gasteiger partial charge in [-0.2, -0.15) is 0 Å². The van der Waals surface area contributed by atoms with E-state index in [1.54, 1.807) is 13.2 Å². The second kappa shape index (κ2) is 7.13. The zero-order chi connectivity index (χ0) is 13.5. The number of hydrogen-bond donors (Lipinski definition) is 0. The minimum atomic E-state index is -0.494.